The van der Waals surface area contributed by atoms with E-state index in [1.807, 2.05) is 24.4 Å². The summed E-state index contributed by atoms with van der Waals surface area (Å²) in [7, 11) is -3.71. The Labute approximate surface area is 131 Å². The number of sulfonamides is 1. The Balaban J connectivity index is 2.23. The van der Waals surface area contributed by atoms with Gasteiger partial charge in [-0.1, -0.05) is 19.4 Å². The van der Waals surface area contributed by atoms with Crippen LogP contribution in [0.2, 0.25) is 0 Å². The number of hydrogen-bond donors (Lipinski definition) is 2. The molecular formula is C13H15NO4S3. The topological polar surface area (TPSA) is 83.5 Å². The van der Waals surface area contributed by atoms with Gasteiger partial charge in [0.1, 0.15) is 4.21 Å². The number of hydrogen-bond acceptors (Lipinski definition) is 5. The van der Waals surface area contributed by atoms with Gasteiger partial charge < -0.3 is 5.11 Å². The van der Waals surface area contributed by atoms with E-state index in [0.717, 1.165) is 22.6 Å². The van der Waals surface area contributed by atoms with Gasteiger partial charge in [0.05, 0.1) is 11.6 Å². The average Bonchev–Trinajstić information content (AvgIpc) is 3.10. The first kappa shape index (κ1) is 16.2. The van der Waals surface area contributed by atoms with E-state index in [-0.39, 0.29) is 15.8 Å². The van der Waals surface area contributed by atoms with Crippen LogP contribution in [0.15, 0.2) is 33.2 Å². The lowest BCUT2D eigenvalue weighted by atomic mass is 10.1. The molecule has 1 unspecified atom stereocenters. The summed E-state index contributed by atoms with van der Waals surface area (Å²) in [6, 6.07) is 4.68. The van der Waals surface area contributed by atoms with Gasteiger partial charge in [-0.15, -0.1) is 22.7 Å². The molecule has 2 rings (SSSR count). The molecule has 8 heteroatoms. The number of thiophene rings is 2. The van der Waals surface area contributed by atoms with Crippen LogP contribution in [0.5, 0.6) is 0 Å². The van der Waals surface area contributed by atoms with Crippen molar-refractivity contribution in [3.63, 3.8) is 0 Å². The minimum atomic E-state index is -3.71. The quantitative estimate of drug-likeness (QED) is 0.806. The van der Waals surface area contributed by atoms with Crippen molar-refractivity contribution in [2.45, 2.75) is 30.0 Å². The molecule has 0 aromatic carbocycles. The maximum atomic E-state index is 12.4. The Hall–Kier alpha value is -1.22. The highest BCUT2D eigenvalue weighted by Crippen LogP contribution is 2.27. The lowest BCUT2D eigenvalue weighted by Gasteiger charge is -2.16. The van der Waals surface area contributed by atoms with E-state index < -0.39 is 16.0 Å². The fourth-order valence-electron chi connectivity index (χ4n) is 1.85. The molecule has 2 aromatic rings. The van der Waals surface area contributed by atoms with Gasteiger partial charge in [-0.05, 0) is 23.9 Å². The van der Waals surface area contributed by atoms with E-state index in [2.05, 4.69) is 4.72 Å². The molecule has 0 fully saturated rings. The number of carboxylic acid groups (broad SMARTS) is 1. The fourth-order valence-corrected chi connectivity index (χ4v) is 5.16. The third-order valence-corrected chi connectivity index (χ3v) is 6.75. The number of aromatic carboxylic acids is 1. The summed E-state index contributed by atoms with van der Waals surface area (Å²) in [4.78, 5) is 11.8. The van der Waals surface area contributed by atoms with Crippen molar-refractivity contribution < 1.29 is 18.3 Å². The van der Waals surface area contributed by atoms with E-state index >= 15 is 0 Å². The first-order valence-corrected chi connectivity index (χ1v) is 9.56. The molecule has 0 aliphatic rings. The number of carboxylic acids is 1. The highest BCUT2D eigenvalue weighted by Gasteiger charge is 2.24. The van der Waals surface area contributed by atoms with Crippen LogP contribution in [-0.2, 0) is 10.0 Å². The van der Waals surface area contributed by atoms with Crippen molar-refractivity contribution in [1.82, 2.24) is 4.72 Å². The van der Waals surface area contributed by atoms with Crippen molar-refractivity contribution in [1.29, 1.82) is 0 Å². The van der Waals surface area contributed by atoms with Crippen molar-refractivity contribution in [2.24, 2.45) is 0 Å². The van der Waals surface area contributed by atoms with Gasteiger partial charge in [0.25, 0.3) is 10.0 Å². The molecular weight excluding hydrogens is 330 g/mol. The van der Waals surface area contributed by atoms with E-state index in [9.17, 15) is 13.2 Å². The van der Waals surface area contributed by atoms with Crippen LogP contribution in [-0.4, -0.2) is 19.5 Å². The van der Waals surface area contributed by atoms with Crippen LogP contribution in [0.25, 0.3) is 0 Å². The predicted octanol–water partition coefficient (Wildman–Crippen LogP) is 3.33. The largest absolute Gasteiger partial charge is 0.478 e. The predicted molar refractivity (Wildman–Crippen MR) is 83.6 cm³/mol. The van der Waals surface area contributed by atoms with Gasteiger partial charge in [0, 0.05) is 10.3 Å². The molecule has 2 N–H and O–H groups in total. The standard InChI is InChI=1S/C13H15NO4S3/c1-2-4-10(11-5-3-6-19-11)14-21(17,18)12-7-9(8-20-12)13(15)16/h3,5-8,10,14H,2,4H2,1H3,(H,15,16). The first-order valence-electron chi connectivity index (χ1n) is 6.31. The molecule has 0 amide bonds. The van der Waals surface area contributed by atoms with Gasteiger partial charge in [-0.2, -0.15) is 0 Å². The van der Waals surface area contributed by atoms with Gasteiger partial charge in [-0.3, -0.25) is 0 Å². The minimum absolute atomic E-state index is 0.0106. The zero-order valence-corrected chi connectivity index (χ0v) is 13.7. The number of carbonyl (C=O) groups is 1. The summed E-state index contributed by atoms with van der Waals surface area (Å²) >= 11 is 2.41. The molecule has 0 aliphatic carbocycles. The Morgan fingerprint density at radius 2 is 2.19 bits per heavy atom. The third-order valence-electron chi connectivity index (χ3n) is 2.85. The maximum absolute atomic E-state index is 12.4. The average molecular weight is 345 g/mol. The van der Waals surface area contributed by atoms with Crippen LogP contribution in [0.3, 0.4) is 0 Å². The van der Waals surface area contributed by atoms with Gasteiger partial charge in [-0.25, -0.2) is 17.9 Å². The third kappa shape index (κ3) is 3.91. The summed E-state index contributed by atoms with van der Waals surface area (Å²) in [5.74, 6) is -1.13. The summed E-state index contributed by atoms with van der Waals surface area (Å²) in [6.07, 6.45) is 1.53. The maximum Gasteiger partial charge on any atom is 0.336 e. The smallest absolute Gasteiger partial charge is 0.336 e. The molecule has 0 spiro atoms. The van der Waals surface area contributed by atoms with E-state index in [1.54, 1.807) is 0 Å². The summed E-state index contributed by atoms with van der Waals surface area (Å²) in [5.41, 5.74) is -0.0106. The van der Waals surface area contributed by atoms with E-state index in [4.69, 9.17) is 5.11 Å². The second-order valence-electron chi connectivity index (χ2n) is 4.44. The molecule has 0 bridgehead atoms. The van der Waals surface area contributed by atoms with Crippen LogP contribution < -0.4 is 4.72 Å². The molecule has 0 aliphatic heterocycles. The zero-order chi connectivity index (χ0) is 15.5. The number of rotatable bonds is 7. The Bertz CT molecular complexity index is 704. The second-order valence-corrected chi connectivity index (χ2v) is 8.27. The Morgan fingerprint density at radius 3 is 2.71 bits per heavy atom. The molecule has 21 heavy (non-hydrogen) atoms. The van der Waals surface area contributed by atoms with Crippen molar-refractivity contribution in [3.8, 4) is 0 Å². The van der Waals surface area contributed by atoms with E-state index in [1.165, 1.54) is 22.8 Å². The Kier molecular flexibility index (Phi) is 5.15. The highest BCUT2D eigenvalue weighted by molar-refractivity contribution is 7.91. The minimum Gasteiger partial charge on any atom is -0.478 e. The van der Waals surface area contributed by atoms with Crippen LogP contribution >= 0.6 is 22.7 Å². The SMILES string of the molecule is CCCC(NS(=O)(=O)c1cc(C(=O)O)cs1)c1cccs1. The fraction of sp³-hybridized carbons (Fsp3) is 0.308. The summed E-state index contributed by atoms with van der Waals surface area (Å²) in [5, 5.41) is 12.1. The lowest BCUT2D eigenvalue weighted by Crippen LogP contribution is -2.27. The van der Waals surface area contributed by atoms with Crippen molar-refractivity contribution >= 4 is 38.7 Å². The Morgan fingerprint density at radius 1 is 1.43 bits per heavy atom. The lowest BCUT2D eigenvalue weighted by molar-refractivity contribution is 0.0697. The van der Waals surface area contributed by atoms with Crippen LogP contribution in [0.4, 0.5) is 0 Å². The normalized spacial score (nSPS) is 13.2. The van der Waals surface area contributed by atoms with Crippen LogP contribution in [0.1, 0.15) is 41.0 Å². The molecule has 0 saturated heterocycles. The van der Waals surface area contributed by atoms with Gasteiger partial charge >= 0.3 is 5.97 Å². The first-order chi connectivity index (χ1) is 9.94. The summed E-state index contributed by atoms with van der Waals surface area (Å²) in [6.45, 7) is 1.99. The summed E-state index contributed by atoms with van der Waals surface area (Å²) < 4.78 is 27.4. The van der Waals surface area contributed by atoms with Crippen LogP contribution in [0, 0.1) is 0 Å². The second kappa shape index (κ2) is 6.69. The molecule has 1 atom stereocenters. The molecule has 2 heterocycles. The zero-order valence-electron chi connectivity index (χ0n) is 11.3. The van der Waals surface area contributed by atoms with Gasteiger partial charge in [0.2, 0.25) is 0 Å². The molecule has 0 radical (unpaired) electrons. The highest BCUT2D eigenvalue weighted by atomic mass is 32.2. The molecule has 0 saturated carbocycles. The number of nitrogens with one attached hydrogen (secondary N) is 1. The van der Waals surface area contributed by atoms with E-state index in [0.29, 0.717) is 6.42 Å². The monoisotopic (exact) mass is 345 g/mol. The van der Waals surface area contributed by atoms with Gasteiger partial charge in [0.15, 0.2) is 0 Å². The van der Waals surface area contributed by atoms with Crippen molar-refractivity contribution in [3.05, 3.63) is 39.4 Å². The molecule has 2 aromatic heterocycles. The molecule has 5 nitrogen and oxygen atoms in total. The molecule has 114 valence electrons. The van der Waals surface area contributed by atoms with Crippen molar-refractivity contribution in [2.75, 3.05) is 0 Å².